The van der Waals surface area contributed by atoms with Crippen LogP contribution < -0.4 is 18.9 Å². The molecule has 0 aliphatic rings. The Bertz CT molecular complexity index is 1030. The molecule has 0 unspecified atom stereocenters. The van der Waals surface area contributed by atoms with E-state index >= 15 is 0 Å². The van der Waals surface area contributed by atoms with Crippen molar-refractivity contribution in [3.05, 3.63) is 65.7 Å². The summed E-state index contributed by atoms with van der Waals surface area (Å²) in [5.74, 6) is 2.35. The Kier molecular flexibility index (Phi) is 6.39. The van der Waals surface area contributed by atoms with Gasteiger partial charge in [-0.3, -0.25) is 4.79 Å². The third kappa shape index (κ3) is 4.51. The third-order valence-electron chi connectivity index (χ3n) is 4.53. The van der Waals surface area contributed by atoms with Gasteiger partial charge in [-0.1, -0.05) is 24.3 Å². The maximum absolute atomic E-state index is 12.7. The minimum atomic E-state index is -0.0884. The summed E-state index contributed by atoms with van der Waals surface area (Å²) in [4.78, 5) is 12.7. The normalized spacial score (nSPS) is 10.9. The van der Waals surface area contributed by atoms with Gasteiger partial charge in [-0.15, -0.1) is 0 Å². The van der Waals surface area contributed by atoms with E-state index in [-0.39, 0.29) is 5.78 Å². The summed E-state index contributed by atoms with van der Waals surface area (Å²) in [6.45, 7) is 2.39. The van der Waals surface area contributed by atoms with Crippen molar-refractivity contribution in [3.8, 4) is 23.0 Å². The zero-order valence-electron chi connectivity index (χ0n) is 17.0. The van der Waals surface area contributed by atoms with Gasteiger partial charge in [0.1, 0.15) is 5.75 Å². The standard InChI is InChI=1S/C24H24O5/c1-5-29-24-22(27-3)12-16(13-23(24)28-4)6-11-21(25)19-8-7-18-15-20(26-2)10-9-17(18)14-19/h6-15H,5H2,1-4H3/b11-6+. The van der Waals surface area contributed by atoms with E-state index in [1.165, 1.54) is 0 Å². The summed E-state index contributed by atoms with van der Waals surface area (Å²) >= 11 is 0. The minimum absolute atomic E-state index is 0.0884. The molecule has 0 aliphatic carbocycles. The molecular weight excluding hydrogens is 368 g/mol. The van der Waals surface area contributed by atoms with E-state index in [0.29, 0.717) is 29.4 Å². The van der Waals surface area contributed by atoms with Crippen LogP contribution in [-0.2, 0) is 0 Å². The van der Waals surface area contributed by atoms with Crippen LogP contribution in [0.3, 0.4) is 0 Å². The SMILES string of the molecule is CCOc1c(OC)cc(/C=C/C(=O)c2ccc3cc(OC)ccc3c2)cc1OC. The molecule has 0 saturated carbocycles. The van der Waals surface area contributed by atoms with Crippen LogP contribution in [0.2, 0.25) is 0 Å². The smallest absolute Gasteiger partial charge is 0.203 e. The number of ether oxygens (including phenoxy) is 4. The molecule has 0 atom stereocenters. The van der Waals surface area contributed by atoms with E-state index < -0.39 is 0 Å². The van der Waals surface area contributed by atoms with Crippen molar-refractivity contribution in [3.63, 3.8) is 0 Å². The second-order valence-electron chi connectivity index (χ2n) is 6.31. The molecule has 0 aliphatic heterocycles. The van der Waals surface area contributed by atoms with Crippen LogP contribution in [0.25, 0.3) is 16.8 Å². The number of methoxy groups -OCH3 is 3. The van der Waals surface area contributed by atoms with Gasteiger partial charge in [0.2, 0.25) is 5.75 Å². The van der Waals surface area contributed by atoms with Gasteiger partial charge in [0.25, 0.3) is 0 Å². The number of hydrogen-bond donors (Lipinski definition) is 0. The Balaban J connectivity index is 1.87. The van der Waals surface area contributed by atoms with Gasteiger partial charge in [0.05, 0.1) is 27.9 Å². The van der Waals surface area contributed by atoms with Gasteiger partial charge < -0.3 is 18.9 Å². The monoisotopic (exact) mass is 392 g/mol. The molecule has 5 nitrogen and oxygen atoms in total. The van der Waals surface area contributed by atoms with Crippen molar-refractivity contribution >= 4 is 22.6 Å². The number of fused-ring (bicyclic) bond motifs is 1. The molecule has 3 aromatic carbocycles. The minimum Gasteiger partial charge on any atom is -0.497 e. The summed E-state index contributed by atoms with van der Waals surface area (Å²) < 4.78 is 21.7. The lowest BCUT2D eigenvalue weighted by atomic mass is 10.0. The van der Waals surface area contributed by atoms with Crippen molar-refractivity contribution < 1.29 is 23.7 Å². The molecule has 0 N–H and O–H groups in total. The fraction of sp³-hybridized carbons (Fsp3) is 0.208. The Morgan fingerprint density at radius 3 is 2.14 bits per heavy atom. The Hall–Kier alpha value is -3.47. The fourth-order valence-electron chi connectivity index (χ4n) is 3.06. The molecule has 150 valence electrons. The number of carbonyl (C=O) groups is 1. The van der Waals surface area contributed by atoms with E-state index in [0.717, 1.165) is 22.1 Å². The summed E-state index contributed by atoms with van der Waals surface area (Å²) in [5, 5.41) is 2.00. The highest BCUT2D eigenvalue weighted by atomic mass is 16.5. The lowest BCUT2D eigenvalue weighted by molar-refractivity contribution is 0.104. The number of hydrogen-bond acceptors (Lipinski definition) is 5. The highest BCUT2D eigenvalue weighted by molar-refractivity contribution is 6.08. The molecule has 0 aromatic heterocycles. The highest BCUT2D eigenvalue weighted by Crippen LogP contribution is 2.39. The number of carbonyl (C=O) groups excluding carboxylic acids is 1. The van der Waals surface area contributed by atoms with Gasteiger partial charge in [-0.25, -0.2) is 0 Å². The van der Waals surface area contributed by atoms with Gasteiger partial charge in [-0.05, 0) is 59.7 Å². The maximum Gasteiger partial charge on any atom is 0.203 e. The topological polar surface area (TPSA) is 54.0 Å². The molecule has 0 saturated heterocycles. The first-order chi connectivity index (χ1) is 14.1. The zero-order valence-corrected chi connectivity index (χ0v) is 17.0. The van der Waals surface area contributed by atoms with Crippen LogP contribution in [0.4, 0.5) is 0 Å². The van der Waals surface area contributed by atoms with Gasteiger partial charge >= 0.3 is 0 Å². The lowest BCUT2D eigenvalue weighted by Crippen LogP contribution is -1.99. The molecule has 5 heteroatoms. The Labute approximate surface area is 170 Å². The molecule has 0 amide bonds. The van der Waals surface area contributed by atoms with Gasteiger partial charge in [-0.2, -0.15) is 0 Å². The van der Waals surface area contributed by atoms with E-state index in [2.05, 4.69) is 0 Å². The number of ketones is 1. The molecule has 3 aromatic rings. The zero-order chi connectivity index (χ0) is 20.8. The summed E-state index contributed by atoms with van der Waals surface area (Å²) in [6.07, 6.45) is 3.28. The first kappa shape index (κ1) is 20.3. The van der Waals surface area contributed by atoms with Crippen molar-refractivity contribution in [2.24, 2.45) is 0 Å². The Morgan fingerprint density at radius 2 is 1.52 bits per heavy atom. The van der Waals surface area contributed by atoms with Crippen LogP contribution in [0, 0.1) is 0 Å². The summed E-state index contributed by atoms with van der Waals surface area (Å²) in [5.41, 5.74) is 1.39. The van der Waals surface area contributed by atoms with Crippen LogP contribution >= 0.6 is 0 Å². The van der Waals surface area contributed by atoms with Gasteiger partial charge in [0, 0.05) is 5.56 Å². The van der Waals surface area contributed by atoms with Crippen LogP contribution in [0.1, 0.15) is 22.8 Å². The molecule has 3 rings (SSSR count). The molecule has 0 fully saturated rings. The van der Waals surface area contributed by atoms with Crippen molar-refractivity contribution in [1.29, 1.82) is 0 Å². The predicted molar refractivity (Wildman–Crippen MR) is 115 cm³/mol. The predicted octanol–water partition coefficient (Wildman–Crippen LogP) is 5.16. The van der Waals surface area contributed by atoms with Gasteiger partial charge in [0.15, 0.2) is 17.3 Å². The van der Waals surface area contributed by atoms with E-state index in [4.69, 9.17) is 18.9 Å². The molecule has 0 bridgehead atoms. The first-order valence-corrected chi connectivity index (χ1v) is 9.28. The molecular formula is C24H24O5. The number of allylic oxidation sites excluding steroid dienone is 1. The number of rotatable bonds is 8. The molecule has 0 spiro atoms. The quantitative estimate of drug-likeness (QED) is 0.391. The van der Waals surface area contributed by atoms with Crippen molar-refractivity contribution in [2.45, 2.75) is 6.92 Å². The Morgan fingerprint density at radius 1 is 0.862 bits per heavy atom. The molecule has 0 heterocycles. The van der Waals surface area contributed by atoms with Crippen molar-refractivity contribution in [1.82, 2.24) is 0 Å². The second-order valence-corrected chi connectivity index (χ2v) is 6.31. The fourth-order valence-corrected chi connectivity index (χ4v) is 3.06. The first-order valence-electron chi connectivity index (χ1n) is 9.28. The lowest BCUT2D eigenvalue weighted by Gasteiger charge is -2.14. The average Bonchev–Trinajstić information content (AvgIpc) is 2.77. The summed E-state index contributed by atoms with van der Waals surface area (Å²) in [7, 11) is 4.77. The van der Waals surface area contributed by atoms with Crippen molar-refractivity contribution in [2.75, 3.05) is 27.9 Å². The third-order valence-corrected chi connectivity index (χ3v) is 4.53. The largest absolute Gasteiger partial charge is 0.497 e. The maximum atomic E-state index is 12.7. The van der Waals surface area contributed by atoms with E-state index in [1.54, 1.807) is 33.5 Å². The van der Waals surface area contributed by atoms with E-state index in [9.17, 15) is 4.79 Å². The highest BCUT2D eigenvalue weighted by Gasteiger charge is 2.13. The second kappa shape index (κ2) is 9.15. The molecule has 0 radical (unpaired) electrons. The van der Waals surface area contributed by atoms with Crippen LogP contribution in [0.15, 0.2) is 54.6 Å². The van der Waals surface area contributed by atoms with E-state index in [1.807, 2.05) is 55.5 Å². The van der Waals surface area contributed by atoms with Crippen LogP contribution in [0.5, 0.6) is 23.0 Å². The van der Waals surface area contributed by atoms with Crippen LogP contribution in [-0.4, -0.2) is 33.7 Å². The average molecular weight is 392 g/mol. The summed E-state index contributed by atoms with van der Waals surface area (Å²) in [6, 6.07) is 15.0. The molecule has 29 heavy (non-hydrogen) atoms. The number of benzene rings is 3.